The van der Waals surface area contributed by atoms with Crippen LogP contribution in [0.2, 0.25) is 0 Å². The van der Waals surface area contributed by atoms with Crippen molar-refractivity contribution in [2.45, 2.75) is 39.2 Å². The minimum absolute atomic E-state index is 0.226. The number of nitrogens with one attached hydrogen (secondary N) is 1. The summed E-state index contributed by atoms with van der Waals surface area (Å²) in [5, 5.41) is 13.0. The van der Waals surface area contributed by atoms with Crippen molar-refractivity contribution in [1.29, 1.82) is 0 Å². The molecule has 0 spiro atoms. The average molecular weight is 302 g/mol. The van der Waals surface area contributed by atoms with E-state index in [1.807, 2.05) is 19.9 Å². The topological polar surface area (TPSA) is 75.4 Å². The van der Waals surface area contributed by atoms with Gasteiger partial charge in [0.1, 0.15) is 5.69 Å². The highest BCUT2D eigenvalue weighted by Gasteiger charge is 2.23. The third-order valence-corrected chi connectivity index (χ3v) is 4.00. The van der Waals surface area contributed by atoms with Gasteiger partial charge in [-0.05, 0) is 44.0 Å². The maximum absolute atomic E-state index is 12.3. The van der Waals surface area contributed by atoms with E-state index in [4.69, 9.17) is 4.42 Å². The third-order valence-electron chi connectivity index (χ3n) is 4.00. The second-order valence-electron chi connectivity index (χ2n) is 5.42. The van der Waals surface area contributed by atoms with E-state index < -0.39 is 5.60 Å². The fourth-order valence-electron chi connectivity index (χ4n) is 2.20. The van der Waals surface area contributed by atoms with Crippen molar-refractivity contribution in [3.8, 4) is 11.5 Å². The molecule has 118 valence electrons. The Morgan fingerprint density at radius 1 is 1.32 bits per heavy atom. The van der Waals surface area contributed by atoms with Crippen molar-refractivity contribution in [2.24, 2.45) is 0 Å². The van der Waals surface area contributed by atoms with Crippen LogP contribution in [-0.4, -0.2) is 28.1 Å². The van der Waals surface area contributed by atoms with Crippen LogP contribution in [0.1, 0.15) is 42.7 Å². The number of rotatable bonds is 6. The van der Waals surface area contributed by atoms with Gasteiger partial charge in [0, 0.05) is 6.54 Å². The first-order valence-electron chi connectivity index (χ1n) is 7.51. The predicted molar refractivity (Wildman–Crippen MR) is 84.5 cm³/mol. The molecule has 0 atom stereocenters. The standard InChI is InChI=1S/C17H22N2O3/c1-4-17(21,5-2)11-18-16(20)13-8-9-14(19-12(13)3)15-7-6-10-22-15/h6-10,21H,4-5,11H2,1-3H3,(H,18,20). The summed E-state index contributed by atoms with van der Waals surface area (Å²) in [5.74, 6) is 0.442. The lowest BCUT2D eigenvalue weighted by molar-refractivity contribution is 0.0314. The van der Waals surface area contributed by atoms with Crippen molar-refractivity contribution in [3.63, 3.8) is 0 Å². The molecule has 2 heterocycles. The van der Waals surface area contributed by atoms with Crippen LogP contribution in [0.15, 0.2) is 34.9 Å². The quantitative estimate of drug-likeness (QED) is 0.860. The molecule has 0 saturated carbocycles. The maximum atomic E-state index is 12.3. The van der Waals surface area contributed by atoms with E-state index in [2.05, 4.69) is 10.3 Å². The number of hydrogen-bond acceptors (Lipinski definition) is 4. The molecule has 1 amide bonds. The minimum Gasteiger partial charge on any atom is -0.463 e. The molecule has 22 heavy (non-hydrogen) atoms. The normalized spacial score (nSPS) is 11.5. The van der Waals surface area contributed by atoms with Gasteiger partial charge in [0.15, 0.2) is 5.76 Å². The summed E-state index contributed by atoms with van der Waals surface area (Å²) in [6.45, 7) is 5.83. The Bertz CT molecular complexity index is 631. The lowest BCUT2D eigenvalue weighted by Gasteiger charge is -2.25. The Labute approximate surface area is 130 Å². The van der Waals surface area contributed by atoms with E-state index in [0.717, 1.165) is 0 Å². The second-order valence-corrected chi connectivity index (χ2v) is 5.42. The van der Waals surface area contributed by atoms with E-state index in [0.29, 0.717) is 35.6 Å². The van der Waals surface area contributed by atoms with Gasteiger partial charge >= 0.3 is 0 Å². The lowest BCUT2D eigenvalue weighted by atomic mass is 9.97. The van der Waals surface area contributed by atoms with E-state index in [9.17, 15) is 9.90 Å². The SMILES string of the molecule is CCC(O)(CC)CNC(=O)c1ccc(-c2ccco2)nc1C. The fraction of sp³-hybridized carbons (Fsp3) is 0.412. The summed E-state index contributed by atoms with van der Waals surface area (Å²) < 4.78 is 5.30. The van der Waals surface area contributed by atoms with E-state index in [1.54, 1.807) is 31.4 Å². The molecule has 0 saturated heterocycles. The predicted octanol–water partition coefficient (Wildman–Crippen LogP) is 2.93. The molecule has 2 aromatic heterocycles. The van der Waals surface area contributed by atoms with Crippen molar-refractivity contribution in [1.82, 2.24) is 10.3 Å². The van der Waals surface area contributed by atoms with Crippen LogP contribution in [0.3, 0.4) is 0 Å². The summed E-state index contributed by atoms with van der Waals surface area (Å²) in [6.07, 6.45) is 2.78. The summed E-state index contributed by atoms with van der Waals surface area (Å²) in [7, 11) is 0. The number of carbonyl (C=O) groups is 1. The number of nitrogens with zero attached hydrogens (tertiary/aromatic N) is 1. The summed E-state index contributed by atoms with van der Waals surface area (Å²) in [5.41, 5.74) is 0.968. The van der Waals surface area contributed by atoms with Crippen LogP contribution in [-0.2, 0) is 0 Å². The molecule has 5 heteroatoms. The van der Waals surface area contributed by atoms with Crippen LogP contribution in [0.5, 0.6) is 0 Å². The number of aryl methyl sites for hydroxylation is 1. The Kier molecular flexibility index (Phi) is 4.98. The fourth-order valence-corrected chi connectivity index (χ4v) is 2.20. The molecular weight excluding hydrogens is 280 g/mol. The van der Waals surface area contributed by atoms with E-state index >= 15 is 0 Å². The van der Waals surface area contributed by atoms with Gasteiger partial charge in [-0.1, -0.05) is 13.8 Å². The second kappa shape index (κ2) is 6.75. The van der Waals surface area contributed by atoms with Gasteiger partial charge in [-0.3, -0.25) is 4.79 Å². The average Bonchev–Trinajstić information content (AvgIpc) is 3.06. The van der Waals surface area contributed by atoms with Gasteiger partial charge in [0.25, 0.3) is 5.91 Å². The molecule has 0 aliphatic rings. The number of furan rings is 1. The summed E-state index contributed by atoms with van der Waals surface area (Å²) in [4.78, 5) is 16.7. The highest BCUT2D eigenvalue weighted by molar-refractivity contribution is 5.95. The molecule has 0 fully saturated rings. The van der Waals surface area contributed by atoms with Gasteiger partial charge in [0.05, 0.1) is 23.1 Å². The molecule has 0 unspecified atom stereocenters. The first kappa shape index (κ1) is 16.2. The number of hydrogen-bond donors (Lipinski definition) is 2. The molecule has 2 aromatic rings. The first-order valence-corrected chi connectivity index (χ1v) is 7.51. The molecule has 0 radical (unpaired) electrons. The first-order chi connectivity index (χ1) is 10.5. The highest BCUT2D eigenvalue weighted by Crippen LogP contribution is 2.19. The molecule has 0 aliphatic carbocycles. The molecule has 2 N–H and O–H groups in total. The van der Waals surface area contributed by atoms with Crippen molar-refractivity contribution in [2.75, 3.05) is 6.54 Å². The maximum Gasteiger partial charge on any atom is 0.253 e. The van der Waals surface area contributed by atoms with E-state index in [1.165, 1.54) is 0 Å². The van der Waals surface area contributed by atoms with Crippen molar-refractivity contribution < 1.29 is 14.3 Å². The Balaban J connectivity index is 2.11. The highest BCUT2D eigenvalue weighted by atomic mass is 16.3. The third kappa shape index (κ3) is 3.54. The van der Waals surface area contributed by atoms with Gasteiger partial charge in [-0.25, -0.2) is 4.98 Å². The summed E-state index contributed by atoms with van der Waals surface area (Å²) >= 11 is 0. The Hall–Kier alpha value is -2.14. The van der Waals surface area contributed by atoms with Crippen LogP contribution in [0, 0.1) is 6.92 Å². The molecule has 0 bridgehead atoms. The Morgan fingerprint density at radius 2 is 2.05 bits per heavy atom. The largest absolute Gasteiger partial charge is 0.463 e. The van der Waals surface area contributed by atoms with Crippen LogP contribution < -0.4 is 5.32 Å². The van der Waals surface area contributed by atoms with Crippen molar-refractivity contribution in [3.05, 3.63) is 41.8 Å². The van der Waals surface area contributed by atoms with Gasteiger partial charge in [-0.15, -0.1) is 0 Å². The van der Waals surface area contributed by atoms with Crippen molar-refractivity contribution >= 4 is 5.91 Å². The molecule has 0 aliphatic heterocycles. The smallest absolute Gasteiger partial charge is 0.253 e. The van der Waals surface area contributed by atoms with Crippen LogP contribution in [0.4, 0.5) is 0 Å². The molecule has 5 nitrogen and oxygen atoms in total. The molecule has 0 aromatic carbocycles. The zero-order chi connectivity index (χ0) is 16.2. The van der Waals surface area contributed by atoms with Gasteiger partial charge in [0.2, 0.25) is 0 Å². The summed E-state index contributed by atoms with van der Waals surface area (Å²) in [6, 6.07) is 7.10. The minimum atomic E-state index is -0.856. The number of amides is 1. The molecule has 2 rings (SSSR count). The Morgan fingerprint density at radius 3 is 2.59 bits per heavy atom. The zero-order valence-electron chi connectivity index (χ0n) is 13.2. The van der Waals surface area contributed by atoms with Crippen LogP contribution >= 0.6 is 0 Å². The number of pyridine rings is 1. The lowest BCUT2D eigenvalue weighted by Crippen LogP contribution is -2.42. The monoisotopic (exact) mass is 302 g/mol. The zero-order valence-corrected chi connectivity index (χ0v) is 13.2. The van der Waals surface area contributed by atoms with Crippen LogP contribution in [0.25, 0.3) is 11.5 Å². The van der Waals surface area contributed by atoms with Gasteiger partial charge in [-0.2, -0.15) is 0 Å². The van der Waals surface area contributed by atoms with E-state index in [-0.39, 0.29) is 12.5 Å². The number of aliphatic hydroxyl groups is 1. The molecular formula is C17H22N2O3. The van der Waals surface area contributed by atoms with Gasteiger partial charge < -0.3 is 14.8 Å². The number of aromatic nitrogens is 1. The number of carbonyl (C=O) groups excluding carboxylic acids is 1.